The molecule has 1 saturated heterocycles. The van der Waals surface area contributed by atoms with E-state index in [1.54, 1.807) is 12.3 Å². The number of pyridine rings is 1. The monoisotopic (exact) mass is 355 g/mol. The van der Waals surface area contributed by atoms with Gasteiger partial charge in [0.1, 0.15) is 5.65 Å². The fourth-order valence-corrected chi connectivity index (χ4v) is 4.30. The third-order valence-corrected chi connectivity index (χ3v) is 5.77. The van der Waals surface area contributed by atoms with Crippen molar-refractivity contribution in [2.75, 3.05) is 31.5 Å². The van der Waals surface area contributed by atoms with Gasteiger partial charge in [0, 0.05) is 31.0 Å². The topological polar surface area (TPSA) is 63.1 Å². The number of hydrogen-bond acceptors (Lipinski definition) is 5. The predicted octanol–water partition coefficient (Wildman–Crippen LogP) is 3.19. The quantitative estimate of drug-likeness (QED) is 0.806. The van der Waals surface area contributed by atoms with Crippen LogP contribution in [-0.4, -0.2) is 45.6 Å². The lowest BCUT2D eigenvalue weighted by Crippen LogP contribution is -2.22. The third kappa shape index (κ3) is 3.90. The number of anilines is 1. The normalized spacial score (nSPS) is 19.2. The van der Waals surface area contributed by atoms with E-state index in [-0.39, 0.29) is 5.43 Å². The molecule has 0 amide bonds. The molecule has 1 saturated carbocycles. The zero-order valence-corrected chi connectivity index (χ0v) is 15.5. The van der Waals surface area contributed by atoms with Gasteiger partial charge in [-0.15, -0.1) is 0 Å². The Bertz CT molecular complexity index is 790. The number of hydrogen-bond donors (Lipinski definition) is 1. The minimum absolute atomic E-state index is 0.00708. The molecule has 2 fully saturated rings. The lowest BCUT2D eigenvalue weighted by Gasteiger charge is -2.25. The van der Waals surface area contributed by atoms with Crippen LogP contribution in [0, 0.1) is 0 Å². The number of fused-ring (bicyclic) bond motifs is 1. The Kier molecular flexibility index (Phi) is 5.48. The summed E-state index contributed by atoms with van der Waals surface area (Å²) in [6.45, 7) is 4.47. The zero-order valence-electron chi connectivity index (χ0n) is 15.5. The van der Waals surface area contributed by atoms with E-state index in [2.05, 4.69) is 19.8 Å². The molecule has 6 nitrogen and oxygen atoms in total. The highest BCUT2D eigenvalue weighted by molar-refractivity contribution is 5.75. The van der Waals surface area contributed by atoms with Crippen LogP contribution in [-0.2, 0) is 0 Å². The van der Waals surface area contributed by atoms with Gasteiger partial charge >= 0.3 is 0 Å². The van der Waals surface area contributed by atoms with Crippen LogP contribution in [0.5, 0.6) is 0 Å². The molecule has 0 bridgehead atoms. The van der Waals surface area contributed by atoms with Gasteiger partial charge in [-0.2, -0.15) is 4.98 Å². The maximum Gasteiger partial charge on any atom is 0.224 e. The van der Waals surface area contributed by atoms with Crippen LogP contribution in [0.15, 0.2) is 23.3 Å². The average Bonchev–Trinajstić information content (AvgIpc) is 3.20. The molecular weight excluding hydrogens is 326 g/mol. The van der Waals surface area contributed by atoms with Gasteiger partial charge in [-0.1, -0.05) is 19.3 Å². The van der Waals surface area contributed by atoms with Crippen LogP contribution in [0.3, 0.4) is 0 Å². The molecule has 3 heterocycles. The predicted molar refractivity (Wildman–Crippen MR) is 105 cm³/mol. The number of aromatic nitrogens is 3. The Labute approximate surface area is 154 Å². The van der Waals surface area contributed by atoms with Gasteiger partial charge in [-0.05, 0) is 51.7 Å². The standard InChI is InChI=1S/C20H29N5O/c26-18-9-14-25(16-7-2-1-3-8-16)19-17(18)15-22-20(23-19)21-10-6-13-24-11-4-5-12-24/h9,14-16H,1-8,10-13H2,(H,21,22,23). The van der Waals surface area contributed by atoms with Crippen LogP contribution < -0.4 is 10.7 Å². The number of likely N-dealkylation sites (tertiary alicyclic amines) is 1. The van der Waals surface area contributed by atoms with Gasteiger partial charge in [-0.25, -0.2) is 4.98 Å². The molecule has 2 aromatic heterocycles. The zero-order chi connectivity index (χ0) is 17.8. The summed E-state index contributed by atoms with van der Waals surface area (Å²) >= 11 is 0. The van der Waals surface area contributed by atoms with Crippen molar-refractivity contribution in [1.82, 2.24) is 19.4 Å². The highest BCUT2D eigenvalue weighted by Gasteiger charge is 2.18. The van der Waals surface area contributed by atoms with Crippen molar-refractivity contribution in [3.63, 3.8) is 0 Å². The summed E-state index contributed by atoms with van der Waals surface area (Å²) in [5.41, 5.74) is 0.786. The van der Waals surface area contributed by atoms with Gasteiger partial charge in [0.15, 0.2) is 5.43 Å². The van der Waals surface area contributed by atoms with Crippen molar-refractivity contribution >= 4 is 17.0 Å². The Hall–Kier alpha value is -1.95. The first-order valence-electron chi connectivity index (χ1n) is 10.2. The summed E-state index contributed by atoms with van der Waals surface area (Å²) in [5, 5.41) is 3.97. The van der Waals surface area contributed by atoms with Crippen LogP contribution in [0.4, 0.5) is 5.95 Å². The Morgan fingerprint density at radius 3 is 2.73 bits per heavy atom. The van der Waals surface area contributed by atoms with Crippen LogP contribution in [0.25, 0.3) is 11.0 Å². The van der Waals surface area contributed by atoms with E-state index in [1.165, 1.54) is 58.0 Å². The fourth-order valence-electron chi connectivity index (χ4n) is 4.30. The maximum atomic E-state index is 12.2. The molecule has 0 radical (unpaired) electrons. The largest absolute Gasteiger partial charge is 0.354 e. The molecule has 0 spiro atoms. The van der Waals surface area contributed by atoms with E-state index in [0.29, 0.717) is 17.4 Å². The molecule has 0 unspecified atom stereocenters. The van der Waals surface area contributed by atoms with E-state index in [0.717, 1.165) is 25.2 Å². The number of nitrogens with zero attached hydrogens (tertiary/aromatic N) is 4. The smallest absolute Gasteiger partial charge is 0.224 e. The maximum absolute atomic E-state index is 12.2. The second kappa shape index (κ2) is 8.16. The molecule has 6 heteroatoms. The first-order valence-corrected chi connectivity index (χ1v) is 10.2. The van der Waals surface area contributed by atoms with Crippen LogP contribution in [0.1, 0.15) is 57.4 Å². The first-order chi connectivity index (χ1) is 12.8. The molecule has 0 atom stereocenters. The molecule has 2 aromatic rings. The van der Waals surface area contributed by atoms with Gasteiger partial charge in [0.05, 0.1) is 5.39 Å². The van der Waals surface area contributed by atoms with E-state index in [9.17, 15) is 4.79 Å². The van der Waals surface area contributed by atoms with Crippen molar-refractivity contribution in [3.05, 3.63) is 28.7 Å². The summed E-state index contributed by atoms with van der Waals surface area (Å²) in [4.78, 5) is 23.8. The van der Waals surface area contributed by atoms with E-state index >= 15 is 0 Å². The fraction of sp³-hybridized carbons (Fsp3) is 0.650. The summed E-state index contributed by atoms with van der Waals surface area (Å²) in [6.07, 6.45) is 13.5. The van der Waals surface area contributed by atoms with Gasteiger partial charge in [0.25, 0.3) is 0 Å². The van der Waals surface area contributed by atoms with Gasteiger partial charge in [0.2, 0.25) is 5.95 Å². The Balaban J connectivity index is 1.48. The lowest BCUT2D eigenvalue weighted by molar-refractivity contribution is 0.337. The number of nitrogens with one attached hydrogen (secondary N) is 1. The summed E-state index contributed by atoms with van der Waals surface area (Å²) in [7, 11) is 0. The van der Waals surface area contributed by atoms with Crippen molar-refractivity contribution in [2.45, 2.75) is 57.4 Å². The van der Waals surface area contributed by atoms with Crippen molar-refractivity contribution in [3.8, 4) is 0 Å². The highest BCUT2D eigenvalue weighted by Crippen LogP contribution is 2.29. The highest BCUT2D eigenvalue weighted by atomic mass is 16.1. The Morgan fingerprint density at radius 2 is 1.92 bits per heavy atom. The lowest BCUT2D eigenvalue weighted by atomic mass is 9.95. The molecule has 26 heavy (non-hydrogen) atoms. The summed E-state index contributed by atoms with van der Waals surface area (Å²) < 4.78 is 2.20. The molecule has 2 aliphatic rings. The Morgan fingerprint density at radius 1 is 1.12 bits per heavy atom. The number of rotatable bonds is 6. The molecule has 0 aromatic carbocycles. The van der Waals surface area contributed by atoms with Crippen LogP contribution >= 0.6 is 0 Å². The minimum atomic E-state index is 0.00708. The second-order valence-electron chi connectivity index (χ2n) is 7.64. The molecule has 1 aliphatic heterocycles. The third-order valence-electron chi connectivity index (χ3n) is 5.77. The van der Waals surface area contributed by atoms with E-state index < -0.39 is 0 Å². The van der Waals surface area contributed by atoms with Crippen molar-refractivity contribution < 1.29 is 0 Å². The molecule has 4 rings (SSSR count). The molecular formula is C20H29N5O. The van der Waals surface area contributed by atoms with E-state index in [4.69, 9.17) is 4.98 Å². The molecule has 1 aliphatic carbocycles. The SMILES string of the molecule is O=c1ccn(C2CCCCC2)c2nc(NCCCN3CCCC3)ncc12. The van der Waals surface area contributed by atoms with Crippen molar-refractivity contribution in [2.24, 2.45) is 0 Å². The van der Waals surface area contributed by atoms with E-state index in [1.807, 2.05) is 6.20 Å². The second-order valence-corrected chi connectivity index (χ2v) is 7.64. The van der Waals surface area contributed by atoms with Gasteiger partial charge in [-0.3, -0.25) is 4.79 Å². The summed E-state index contributed by atoms with van der Waals surface area (Å²) in [6, 6.07) is 2.11. The first kappa shape index (κ1) is 17.5. The van der Waals surface area contributed by atoms with Crippen LogP contribution in [0.2, 0.25) is 0 Å². The van der Waals surface area contributed by atoms with Crippen molar-refractivity contribution in [1.29, 1.82) is 0 Å². The summed E-state index contributed by atoms with van der Waals surface area (Å²) in [5.74, 6) is 0.633. The van der Waals surface area contributed by atoms with Gasteiger partial charge < -0.3 is 14.8 Å². The molecule has 1 N–H and O–H groups in total. The molecule has 140 valence electrons. The average molecular weight is 355 g/mol. The minimum Gasteiger partial charge on any atom is -0.354 e.